The average Bonchev–Trinajstić information content (AvgIpc) is 2.35. The quantitative estimate of drug-likeness (QED) is 0.901. The van der Waals surface area contributed by atoms with Gasteiger partial charge >= 0.3 is 0 Å². The van der Waals surface area contributed by atoms with Crippen LogP contribution in [0.3, 0.4) is 0 Å². The molecule has 1 aliphatic heterocycles. The molecule has 0 spiro atoms. The molecule has 2 N–H and O–H groups in total. The Hall–Kier alpha value is -1.55. The molecule has 0 unspecified atom stereocenters. The van der Waals surface area contributed by atoms with Gasteiger partial charge in [0.15, 0.2) is 0 Å². The lowest BCUT2D eigenvalue weighted by Gasteiger charge is -2.40. The molecule has 1 saturated carbocycles. The van der Waals surface area contributed by atoms with Gasteiger partial charge in [0, 0.05) is 12.0 Å². The Kier molecular flexibility index (Phi) is 3.21. The van der Waals surface area contributed by atoms with Crippen LogP contribution < -0.4 is 15.4 Å². The molecule has 0 bridgehead atoms. The minimum atomic E-state index is -0.274. The number of anilines is 1. The first-order chi connectivity index (χ1) is 9.47. The molecule has 1 aliphatic carbocycles. The van der Waals surface area contributed by atoms with Crippen molar-refractivity contribution in [1.29, 1.82) is 0 Å². The van der Waals surface area contributed by atoms with Crippen LogP contribution in [0.1, 0.15) is 38.2 Å². The van der Waals surface area contributed by atoms with Crippen LogP contribution in [0.5, 0.6) is 5.75 Å². The molecule has 4 nitrogen and oxygen atoms in total. The Labute approximate surface area is 119 Å². The SMILES string of the molecule is Cc1ccc2c(c1)O[C@@H](C)CN2C(=O)CC1(N)CCC1. The van der Waals surface area contributed by atoms with Crippen molar-refractivity contribution in [1.82, 2.24) is 0 Å². The first-order valence-corrected chi connectivity index (χ1v) is 7.33. The Balaban J connectivity index is 1.84. The van der Waals surface area contributed by atoms with E-state index in [0.29, 0.717) is 13.0 Å². The predicted molar refractivity (Wildman–Crippen MR) is 79.0 cm³/mol. The van der Waals surface area contributed by atoms with Gasteiger partial charge in [-0.3, -0.25) is 4.79 Å². The number of aryl methyl sites for hydroxylation is 1. The van der Waals surface area contributed by atoms with Crippen LogP contribution in [-0.2, 0) is 4.79 Å². The number of amides is 1. The zero-order valence-electron chi connectivity index (χ0n) is 12.2. The highest BCUT2D eigenvalue weighted by molar-refractivity contribution is 5.96. The summed E-state index contributed by atoms with van der Waals surface area (Å²) >= 11 is 0. The number of rotatable bonds is 2. The van der Waals surface area contributed by atoms with Gasteiger partial charge in [-0.1, -0.05) is 6.07 Å². The summed E-state index contributed by atoms with van der Waals surface area (Å²) in [5, 5.41) is 0. The van der Waals surface area contributed by atoms with Crippen LogP contribution in [0.2, 0.25) is 0 Å². The highest BCUT2D eigenvalue weighted by atomic mass is 16.5. The summed E-state index contributed by atoms with van der Waals surface area (Å²) in [6.45, 7) is 4.62. The molecular formula is C16H22N2O2. The molecule has 4 heteroatoms. The van der Waals surface area contributed by atoms with Gasteiger partial charge in [-0.2, -0.15) is 0 Å². The monoisotopic (exact) mass is 274 g/mol. The Morgan fingerprint density at radius 1 is 1.50 bits per heavy atom. The third kappa shape index (κ3) is 2.40. The van der Waals surface area contributed by atoms with Gasteiger partial charge in [0.25, 0.3) is 0 Å². The first kappa shape index (κ1) is 13.4. The minimum absolute atomic E-state index is 0.0170. The second-order valence-electron chi connectivity index (χ2n) is 6.30. The number of carbonyl (C=O) groups is 1. The van der Waals surface area contributed by atoms with Crippen LogP contribution >= 0.6 is 0 Å². The van der Waals surface area contributed by atoms with Gasteiger partial charge in [-0.05, 0) is 50.8 Å². The van der Waals surface area contributed by atoms with E-state index in [2.05, 4.69) is 0 Å². The molecule has 1 aromatic rings. The maximum atomic E-state index is 12.6. The number of ether oxygens (including phenoxy) is 1. The van der Waals surface area contributed by atoms with E-state index in [4.69, 9.17) is 10.5 Å². The van der Waals surface area contributed by atoms with Crippen molar-refractivity contribution >= 4 is 11.6 Å². The third-order valence-corrected chi connectivity index (χ3v) is 4.33. The topological polar surface area (TPSA) is 55.6 Å². The molecule has 1 fully saturated rings. The fourth-order valence-corrected chi connectivity index (χ4v) is 2.99. The zero-order valence-corrected chi connectivity index (χ0v) is 12.2. The summed E-state index contributed by atoms with van der Waals surface area (Å²) in [6, 6.07) is 5.98. The van der Waals surface area contributed by atoms with E-state index in [1.165, 1.54) is 0 Å². The number of benzene rings is 1. The van der Waals surface area contributed by atoms with Crippen LogP contribution in [0.25, 0.3) is 0 Å². The van der Waals surface area contributed by atoms with Crippen molar-refractivity contribution in [2.24, 2.45) is 5.73 Å². The normalized spacial score (nSPS) is 23.6. The van der Waals surface area contributed by atoms with E-state index in [1.807, 2.05) is 36.9 Å². The number of carbonyl (C=O) groups excluding carboxylic acids is 1. The lowest BCUT2D eigenvalue weighted by Crippen LogP contribution is -2.52. The molecule has 20 heavy (non-hydrogen) atoms. The van der Waals surface area contributed by atoms with Crippen molar-refractivity contribution in [2.75, 3.05) is 11.4 Å². The summed E-state index contributed by atoms with van der Waals surface area (Å²) in [6.07, 6.45) is 3.51. The van der Waals surface area contributed by atoms with Gasteiger partial charge < -0.3 is 15.4 Å². The van der Waals surface area contributed by atoms with Gasteiger partial charge in [0.2, 0.25) is 5.91 Å². The molecule has 2 aliphatic rings. The van der Waals surface area contributed by atoms with Crippen LogP contribution in [0.15, 0.2) is 18.2 Å². The van der Waals surface area contributed by atoms with Crippen molar-refractivity contribution in [3.63, 3.8) is 0 Å². The van der Waals surface area contributed by atoms with Crippen LogP contribution in [-0.4, -0.2) is 24.1 Å². The number of hydrogen-bond donors (Lipinski definition) is 1. The molecule has 3 rings (SSSR count). The highest BCUT2D eigenvalue weighted by Crippen LogP contribution is 2.37. The van der Waals surface area contributed by atoms with E-state index in [9.17, 15) is 4.79 Å². The largest absolute Gasteiger partial charge is 0.487 e. The third-order valence-electron chi connectivity index (χ3n) is 4.33. The summed E-state index contributed by atoms with van der Waals surface area (Å²) in [5.41, 5.74) is 7.95. The van der Waals surface area contributed by atoms with Gasteiger partial charge in [-0.15, -0.1) is 0 Å². The van der Waals surface area contributed by atoms with E-state index in [0.717, 1.165) is 36.3 Å². The van der Waals surface area contributed by atoms with Crippen molar-refractivity contribution in [3.05, 3.63) is 23.8 Å². The van der Waals surface area contributed by atoms with Gasteiger partial charge in [0.1, 0.15) is 11.9 Å². The molecular weight excluding hydrogens is 252 g/mol. The van der Waals surface area contributed by atoms with Crippen LogP contribution in [0.4, 0.5) is 5.69 Å². The molecule has 1 atom stereocenters. The summed E-state index contributed by atoms with van der Waals surface area (Å²) < 4.78 is 5.84. The van der Waals surface area contributed by atoms with Crippen molar-refractivity contribution in [2.45, 2.75) is 51.2 Å². The maximum Gasteiger partial charge on any atom is 0.229 e. The smallest absolute Gasteiger partial charge is 0.229 e. The Morgan fingerprint density at radius 2 is 2.25 bits per heavy atom. The molecule has 0 radical (unpaired) electrons. The predicted octanol–water partition coefficient (Wildman–Crippen LogP) is 2.38. The lowest BCUT2D eigenvalue weighted by molar-refractivity contribution is -0.121. The van der Waals surface area contributed by atoms with Gasteiger partial charge in [-0.25, -0.2) is 0 Å². The van der Waals surface area contributed by atoms with E-state index in [-0.39, 0.29) is 17.6 Å². The fourth-order valence-electron chi connectivity index (χ4n) is 2.99. The molecule has 1 heterocycles. The Morgan fingerprint density at radius 3 is 2.90 bits per heavy atom. The van der Waals surface area contributed by atoms with Gasteiger partial charge in [0.05, 0.1) is 12.2 Å². The standard InChI is InChI=1S/C16H22N2O2/c1-11-4-5-13-14(8-11)20-12(2)10-18(13)15(19)9-16(17)6-3-7-16/h4-5,8,12H,3,6-7,9-10,17H2,1-2H3/t12-/m0/s1. The first-order valence-electron chi connectivity index (χ1n) is 7.33. The molecule has 1 amide bonds. The number of nitrogens with two attached hydrogens (primary N) is 1. The summed E-state index contributed by atoms with van der Waals surface area (Å²) in [4.78, 5) is 14.4. The van der Waals surface area contributed by atoms with E-state index >= 15 is 0 Å². The maximum absolute atomic E-state index is 12.6. The average molecular weight is 274 g/mol. The summed E-state index contributed by atoms with van der Waals surface area (Å²) in [5.74, 6) is 0.921. The fraction of sp³-hybridized carbons (Fsp3) is 0.562. The highest BCUT2D eigenvalue weighted by Gasteiger charge is 2.37. The second kappa shape index (κ2) is 4.77. The minimum Gasteiger partial charge on any atom is -0.487 e. The van der Waals surface area contributed by atoms with Crippen LogP contribution in [0, 0.1) is 6.92 Å². The summed E-state index contributed by atoms with van der Waals surface area (Å²) in [7, 11) is 0. The van der Waals surface area contributed by atoms with E-state index < -0.39 is 0 Å². The second-order valence-corrected chi connectivity index (χ2v) is 6.30. The lowest BCUT2D eigenvalue weighted by atomic mass is 9.75. The molecule has 0 saturated heterocycles. The Bertz CT molecular complexity index is 537. The van der Waals surface area contributed by atoms with E-state index in [1.54, 1.807) is 0 Å². The zero-order chi connectivity index (χ0) is 14.3. The van der Waals surface area contributed by atoms with Crippen molar-refractivity contribution < 1.29 is 9.53 Å². The molecule has 108 valence electrons. The number of nitrogens with zero attached hydrogens (tertiary/aromatic N) is 1. The van der Waals surface area contributed by atoms with Crippen molar-refractivity contribution in [3.8, 4) is 5.75 Å². The number of fused-ring (bicyclic) bond motifs is 1. The molecule has 0 aromatic heterocycles. The molecule has 1 aromatic carbocycles. The number of hydrogen-bond acceptors (Lipinski definition) is 3.